The van der Waals surface area contributed by atoms with Crippen LogP contribution in [0.2, 0.25) is 0 Å². The molecular weight excluding hydrogens is 312 g/mol. The summed E-state index contributed by atoms with van der Waals surface area (Å²) in [6, 6.07) is 15.7. The number of carbonyl (C=O) groups excluding carboxylic acids is 1. The number of amides is 1. The highest BCUT2D eigenvalue weighted by Crippen LogP contribution is 2.34. The highest BCUT2D eigenvalue weighted by atomic mass is 16.2. The summed E-state index contributed by atoms with van der Waals surface area (Å²) in [6.45, 7) is 3.31. The molecule has 5 heteroatoms. The van der Waals surface area contributed by atoms with Crippen molar-refractivity contribution in [1.82, 2.24) is 4.90 Å². The highest BCUT2D eigenvalue weighted by molar-refractivity contribution is 6.04. The topological polar surface area (TPSA) is 70.7 Å². The smallest absolute Gasteiger partial charge is 0.254 e. The molecule has 0 radical (unpaired) electrons. The molecule has 1 spiro atoms. The molecule has 2 aromatic carbocycles. The lowest BCUT2D eigenvalue weighted by atomic mass is 9.93. The quantitative estimate of drug-likeness (QED) is 0.842. The molecule has 1 amide bonds. The zero-order valence-electron chi connectivity index (χ0n) is 14.3. The molecule has 128 valence electrons. The number of nitrogens with two attached hydrogens (primary N) is 1. The zero-order chi connectivity index (χ0) is 17.4. The summed E-state index contributed by atoms with van der Waals surface area (Å²) >= 11 is 0. The van der Waals surface area contributed by atoms with Crippen LogP contribution in [0.1, 0.15) is 34.3 Å². The summed E-state index contributed by atoms with van der Waals surface area (Å²) < 4.78 is 0. The van der Waals surface area contributed by atoms with Crippen LogP contribution in [0.25, 0.3) is 0 Å². The zero-order valence-corrected chi connectivity index (χ0v) is 14.3. The maximum absolute atomic E-state index is 12.8. The van der Waals surface area contributed by atoms with E-state index in [1.807, 2.05) is 60.4 Å². The molecule has 0 aromatic heterocycles. The van der Waals surface area contributed by atoms with Crippen LogP contribution in [0, 0.1) is 6.92 Å². The third-order valence-electron chi connectivity index (χ3n) is 5.16. The molecule has 0 atom stereocenters. The van der Waals surface area contributed by atoms with Crippen molar-refractivity contribution in [3.05, 3.63) is 65.2 Å². The first-order chi connectivity index (χ1) is 12.1. The SMILES string of the molecule is Cc1ccccc1C(=O)N1CCC2(CC1)N=C(N)c1ccccc1N2. The number of carbonyl (C=O) groups is 1. The Kier molecular flexibility index (Phi) is 3.71. The monoisotopic (exact) mass is 334 g/mol. The van der Waals surface area contributed by atoms with Crippen molar-refractivity contribution in [1.29, 1.82) is 0 Å². The lowest BCUT2D eigenvalue weighted by Crippen LogP contribution is -2.52. The second-order valence-corrected chi connectivity index (χ2v) is 6.81. The molecule has 0 aliphatic carbocycles. The first-order valence-electron chi connectivity index (χ1n) is 8.66. The van der Waals surface area contributed by atoms with Crippen molar-refractivity contribution < 1.29 is 4.79 Å². The van der Waals surface area contributed by atoms with E-state index in [0.29, 0.717) is 18.9 Å². The number of amidine groups is 1. The summed E-state index contributed by atoms with van der Waals surface area (Å²) in [4.78, 5) is 19.5. The largest absolute Gasteiger partial charge is 0.383 e. The van der Waals surface area contributed by atoms with Gasteiger partial charge in [-0.05, 0) is 30.7 Å². The number of likely N-dealkylation sites (tertiary alicyclic amines) is 1. The van der Waals surface area contributed by atoms with E-state index in [4.69, 9.17) is 10.7 Å². The van der Waals surface area contributed by atoms with E-state index >= 15 is 0 Å². The number of hydrogen-bond donors (Lipinski definition) is 2. The van der Waals surface area contributed by atoms with Gasteiger partial charge in [-0.2, -0.15) is 0 Å². The molecule has 2 aliphatic heterocycles. The van der Waals surface area contributed by atoms with Gasteiger partial charge in [0, 0.05) is 42.7 Å². The van der Waals surface area contributed by atoms with Crippen molar-refractivity contribution in [2.24, 2.45) is 10.7 Å². The van der Waals surface area contributed by atoms with E-state index < -0.39 is 5.66 Å². The van der Waals surface area contributed by atoms with Crippen LogP contribution in [0.5, 0.6) is 0 Å². The predicted octanol–water partition coefficient (Wildman–Crippen LogP) is 2.76. The minimum atomic E-state index is -0.402. The van der Waals surface area contributed by atoms with Gasteiger partial charge < -0.3 is 16.0 Å². The predicted molar refractivity (Wildman–Crippen MR) is 99.8 cm³/mol. The van der Waals surface area contributed by atoms with E-state index in [1.54, 1.807) is 0 Å². The third-order valence-corrected chi connectivity index (χ3v) is 5.16. The Labute approximate surface area is 147 Å². The number of benzene rings is 2. The number of aliphatic imine (C=N–C) groups is 1. The molecule has 0 bridgehead atoms. The molecule has 5 nitrogen and oxygen atoms in total. The van der Waals surface area contributed by atoms with Gasteiger partial charge in [0.25, 0.3) is 5.91 Å². The van der Waals surface area contributed by atoms with Gasteiger partial charge in [0.05, 0.1) is 0 Å². The molecule has 3 N–H and O–H groups in total. The summed E-state index contributed by atoms with van der Waals surface area (Å²) in [5, 5.41) is 3.55. The second kappa shape index (κ2) is 5.92. The number of fused-ring (bicyclic) bond motifs is 1. The number of para-hydroxylation sites is 1. The first kappa shape index (κ1) is 15.7. The van der Waals surface area contributed by atoms with E-state index in [9.17, 15) is 4.79 Å². The van der Waals surface area contributed by atoms with Crippen molar-refractivity contribution in [3.63, 3.8) is 0 Å². The van der Waals surface area contributed by atoms with Gasteiger partial charge in [-0.25, -0.2) is 4.99 Å². The van der Waals surface area contributed by atoms with Gasteiger partial charge in [-0.1, -0.05) is 30.3 Å². The Bertz CT molecular complexity index is 850. The van der Waals surface area contributed by atoms with Crippen LogP contribution in [0.3, 0.4) is 0 Å². The fourth-order valence-corrected chi connectivity index (χ4v) is 3.68. The molecular formula is C20H22N4O. The Morgan fingerprint density at radius 1 is 1.12 bits per heavy atom. The van der Waals surface area contributed by atoms with Crippen molar-refractivity contribution in [2.45, 2.75) is 25.4 Å². The van der Waals surface area contributed by atoms with Crippen LogP contribution in [-0.4, -0.2) is 35.4 Å². The van der Waals surface area contributed by atoms with Gasteiger partial charge in [0.2, 0.25) is 0 Å². The van der Waals surface area contributed by atoms with E-state index in [2.05, 4.69) is 5.32 Å². The van der Waals surface area contributed by atoms with Gasteiger partial charge in [-0.3, -0.25) is 4.79 Å². The second-order valence-electron chi connectivity index (χ2n) is 6.81. The molecule has 25 heavy (non-hydrogen) atoms. The van der Waals surface area contributed by atoms with E-state index in [0.717, 1.165) is 35.2 Å². The summed E-state index contributed by atoms with van der Waals surface area (Å²) in [5.41, 5.74) is 9.55. The Balaban J connectivity index is 1.52. The van der Waals surface area contributed by atoms with Crippen molar-refractivity contribution in [2.75, 3.05) is 18.4 Å². The molecule has 0 saturated carbocycles. The maximum atomic E-state index is 12.8. The molecule has 4 rings (SSSR count). The van der Waals surface area contributed by atoms with Gasteiger partial charge >= 0.3 is 0 Å². The number of hydrogen-bond acceptors (Lipinski definition) is 4. The molecule has 2 heterocycles. The maximum Gasteiger partial charge on any atom is 0.254 e. The number of nitrogens with zero attached hydrogens (tertiary/aromatic N) is 2. The van der Waals surface area contributed by atoms with Gasteiger partial charge in [0.1, 0.15) is 11.5 Å². The van der Waals surface area contributed by atoms with Crippen molar-refractivity contribution in [3.8, 4) is 0 Å². The van der Waals surface area contributed by atoms with Gasteiger partial charge in [0.15, 0.2) is 0 Å². The number of nitrogens with one attached hydrogen (secondary N) is 1. The molecule has 1 fully saturated rings. The van der Waals surface area contributed by atoms with E-state index in [1.165, 1.54) is 0 Å². The summed E-state index contributed by atoms with van der Waals surface area (Å²) in [7, 11) is 0. The number of aryl methyl sites for hydroxylation is 1. The highest BCUT2D eigenvalue weighted by Gasteiger charge is 2.38. The Hall–Kier alpha value is -2.82. The Morgan fingerprint density at radius 3 is 2.56 bits per heavy atom. The minimum Gasteiger partial charge on any atom is -0.383 e. The van der Waals surface area contributed by atoms with Crippen LogP contribution < -0.4 is 11.1 Å². The third kappa shape index (κ3) is 2.76. The average molecular weight is 334 g/mol. The normalized spacial score (nSPS) is 18.3. The van der Waals surface area contributed by atoms with Crippen LogP contribution in [-0.2, 0) is 0 Å². The number of piperidine rings is 1. The molecule has 2 aromatic rings. The van der Waals surface area contributed by atoms with E-state index in [-0.39, 0.29) is 5.91 Å². The average Bonchev–Trinajstić information content (AvgIpc) is 2.62. The fourth-order valence-electron chi connectivity index (χ4n) is 3.68. The standard InChI is InChI=1S/C20H22N4O/c1-14-6-2-3-7-15(14)19(25)24-12-10-20(11-13-24)22-17-9-5-4-8-16(17)18(21)23-20/h2-9,22H,10-13H2,1H3,(H2,21,23). The molecule has 1 saturated heterocycles. The Morgan fingerprint density at radius 2 is 1.80 bits per heavy atom. The van der Waals surface area contributed by atoms with Crippen molar-refractivity contribution >= 4 is 17.4 Å². The first-order valence-corrected chi connectivity index (χ1v) is 8.66. The van der Waals surface area contributed by atoms with Crippen LogP contribution in [0.15, 0.2) is 53.5 Å². The van der Waals surface area contributed by atoms with Crippen LogP contribution >= 0.6 is 0 Å². The number of anilines is 1. The molecule has 2 aliphatic rings. The van der Waals surface area contributed by atoms with Gasteiger partial charge in [-0.15, -0.1) is 0 Å². The lowest BCUT2D eigenvalue weighted by molar-refractivity contribution is 0.0685. The summed E-state index contributed by atoms with van der Waals surface area (Å²) in [5.74, 6) is 0.675. The minimum absolute atomic E-state index is 0.0983. The van der Waals surface area contributed by atoms with Crippen LogP contribution in [0.4, 0.5) is 5.69 Å². The fraction of sp³-hybridized carbons (Fsp3) is 0.300. The number of rotatable bonds is 1. The molecule has 0 unspecified atom stereocenters. The summed E-state index contributed by atoms with van der Waals surface area (Å²) in [6.07, 6.45) is 1.50. The lowest BCUT2D eigenvalue weighted by Gasteiger charge is -2.42.